The van der Waals surface area contributed by atoms with Gasteiger partial charge in [-0.1, -0.05) is 99.8 Å². The quantitative estimate of drug-likeness (QED) is 0.0224. The lowest BCUT2D eigenvalue weighted by Crippen LogP contribution is -2.51. The molecular weight excluding hydrogens is 663 g/mol. The summed E-state index contributed by atoms with van der Waals surface area (Å²) >= 11 is 0. The smallest absolute Gasteiger partial charge is 0.390 e. The number of hydrogen-bond acceptors (Lipinski definition) is 6. The molecule has 1 amide bonds. The number of allylic oxidation sites excluding steroid dienone is 10. The maximum atomic E-state index is 12.8. The van der Waals surface area contributed by atoms with Gasteiger partial charge in [-0.2, -0.15) is 0 Å². The van der Waals surface area contributed by atoms with Crippen molar-refractivity contribution < 1.29 is 38.0 Å². The van der Waals surface area contributed by atoms with E-state index in [0.29, 0.717) is 30.3 Å². The van der Waals surface area contributed by atoms with E-state index in [1.807, 2.05) is 28.1 Å². The van der Waals surface area contributed by atoms with E-state index in [9.17, 15) is 24.5 Å². The summed E-state index contributed by atoms with van der Waals surface area (Å²) in [5, 5.41) is 24.5. The number of phosphoric acid groups is 1. The van der Waals surface area contributed by atoms with Gasteiger partial charge in [0, 0.05) is 6.42 Å². The number of carbonyl (C=O) groups excluding carboxylic acids is 1. The second-order valence-electron chi connectivity index (χ2n) is 14.4. The molecule has 0 rings (SSSR count). The molecule has 0 saturated carbocycles. The lowest BCUT2D eigenvalue weighted by Gasteiger charge is -2.28. The van der Waals surface area contributed by atoms with Gasteiger partial charge in [-0.05, 0) is 90.4 Å². The third kappa shape index (κ3) is 33.7. The normalized spacial score (nSPS) is 15.8. The van der Waals surface area contributed by atoms with Gasteiger partial charge in [-0.3, -0.25) is 13.8 Å². The zero-order chi connectivity index (χ0) is 38.1. The molecule has 0 spiro atoms. The Hall–Kier alpha value is -1.84. The number of aliphatic hydroxyl groups excluding tert-OH is 2. The number of likely N-dealkylation sites (N-methyl/N-ethyl adjacent to an activating group) is 1. The summed E-state index contributed by atoms with van der Waals surface area (Å²) < 4.78 is 23.4. The van der Waals surface area contributed by atoms with Crippen molar-refractivity contribution in [3.63, 3.8) is 0 Å². The number of nitrogens with zero attached hydrogens (tertiary/aromatic N) is 1. The van der Waals surface area contributed by atoms with E-state index < -0.39 is 32.7 Å². The van der Waals surface area contributed by atoms with Crippen molar-refractivity contribution in [2.24, 2.45) is 0 Å². The Morgan fingerprint density at radius 3 is 1.86 bits per heavy atom. The summed E-state index contributed by atoms with van der Waals surface area (Å²) in [7, 11) is 1.38. The highest BCUT2D eigenvalue weighted by Crippen LogP contribution is 2.43. The molecule has 0 fully saturated rings. The van der Waals surface area contributed by atoms with Crippen molar-refractivity contribution in [3.8, 4) is 0 Å². The van der Waals surface area contributed by atoms with E-state index >= 15 is 0 Å². The zero-order valence-corrected chi connectivity index (χ0v) is 33.8. The summed E-state index contributed by atoms with van der Waals surface area (Å²) in [6.45, 7) is 4.28. The molecule has 296 valence electrons. The van der Waals surface area contributed by atoms with Crippen LogP contribution in [0, 0.1) is 0 Å². The lowest BCUT2D eigenvalue weighted by atomic mass is 10.0. The average Bonchev–Trinajstić information content (AvgIpc) is 3.07. The Labute approximate surface area is 312 Å². The van der Waals surface area contributed by atoms with Gasteiger partial charge in [0.2, 0.25) is 5.91 Å². The van der Waals surface area contributed by atoms with Crippen LogP contribution < -0.4 is 5.32 Å². The van der Waals surface area contributed by atoms with E-state index in [1.165, 1.54) is 25.7 Å². The largest absolute Gasteiger partial charge is 0.472 e. The van der Waals surface area contributed by atoms with E-state index in [2.05, 4.69) is 73.0 Å². The molecule has 4 unspecified atom stereocenters. The van der Waals surface area contributed by atoms with Crippen molar-refractivity contribution >= 4 is 13.7 Å². The first-order valence-corrected chi connectivity index (χ1v) is 21.2. The van der Waals surface area contributed by atoms with E-state index in [4.69, 9.17) is 9.05 Å². The first-order chi connectivity index (χ1) is 24.4. The van der Waals surface area contributed by atoms with Crippen LogP contribution in [0.5, 0.6) is 0 Å². The fraction of sp³-hybridized carbons (Fsp3) is 0.732. The highest BCUT2D eigenvalue weighted by atomic mass is 31.2. The van der Waals surface area contributed by atoms with Crippen molar-refractivity contribution in [2.75, 3.05) is 40.9 Å². The van der Waals surface area contributed by atoms with Crippen LogP contribution in [0.3, 0.4) is 0 Å². The predicted octanol–water partition coefficient (Wildman–Crippen LogP) is 9.27. The fourth-order valence-electron chi connectivity index (χ4n) is 5.15. The first kappa shape index (κ1) is 49.2. The number of carbonyl (C=O) groups is 1. The van der Waals surface area contributed by atoms with Gasteiger partial charge in [0.1, 0.15) is 19.3 Å². The number of amides is 1. The Morgan fingerprint density at radius 2 is 1.25 bits per heavy atom. The highest BCUT2D eigenvalue weighted by molar-refractivity contribution is 7.47. The van der Waals surface area contributed by atoms with E-state index in [1.54, 1.807) is 0 Å². The summed E-state index contributed by atoms with van der Waals surface area (Å²) in [5.74, 6) is -0.293. The first-order valence-electron chi connectivity index (χ1n) is 19.7. The van der Waals surface area contributed by atoms with Gasteiger partial charge >= 0.3 is 7.82 Å². The molecule has 0 aliphatic heterocycles. The molecule has 0 aromatic carbocycles. The fourth-order valence-corrected chi connectivity index (χ4v) is 5.89. The number of unbranched alkanes of at least 4 members (excludes halogenated alkanes) is 11. The maximum Gasteiger partial charge on any atom is 0.472 e. The van der Waals surface area contributed by atoms with Crippen LogP contribution >= 0.6 is 7.82 Å². The van der Waals surface area contributed by atoms with Crippen molar-refractivity contribution in [1.29, 1.82) is 0 Å². The molecule has 0 radical (unpaired) electrons. The van der Waals surface area contributed by atoms with Gasteiger partial charge in [0.15, 0.2) is 0 Å². The minimum absolute atomic E-state index is 0.00661. The Bertz CT molecular complexity index is 1040. The molecule has 0 bridgehead atoms. The summed E-state index contributed by atoms with van der Waals surface area (Å²) in [5.41, 5.74) is 0. The topological polar surface area (TPSA) is 125 Å². The van der Waals surface area contributed by atoms with Crippen molar-refractivity contribution in [2.45, 2.75) is 154 Å². The molecule has 0 aromatic rings. The maximum absolute atomic E-state index is 12.8. The number of quaternary nitrogens is 1. The minimum Gasteiger partial charge on any atom is -0.390 e. The predicted molar refractivity (Wildman–Crippen MR) is 213 cm³/mol. The van der Waals surface area contributed by atoms with Gasteiger partial charge < -0.3 is 24.9 Å². The molecule has 9 nitrogen and oxygen atoms in total. The van der Waals surface area contributed by atoms with Crippen LogP contribution in [0.25, 0.3) is 0 Å². The lowest BCUT2D eigenvalue weighted by molar-refractivity contribution is -0.870. The molecule has 4 atom stereocenters. The van der Waals surface area contributed by atoms with E-state index in [0.717, 1.165) is 70.6 Å². The third-order valence-corrected chi connectivity index (χ3v) is 9.37. The van der Waals surface area contributed by atoms with Crippen LogP contribution in [0.15, 0.2) is 60.8 Å². The number of phosphoric ester groups is 1. The molecule has 4 N–H and O–H groups in total. The standard InChI is InChI=1S/C41H75N2O7P/c1-6-8-10-12-14-16-18-20-21-22-24-26-28-30-32-34-40(45)42-38(37-50-51(47,48)49-36-35-43(3,4)5)41(46)39(44)33-31-29-27-25-23-19-17-15-13-11-9-7-2/h7,9,14-17,20-21,25,27,38-39,41,44,46H,6,8,10-13,18-19,22-24,26,28-37H2,1-5H3,(H-,42,45,47,48)/p+1/b9-7+,16-14-,17-15+,21-20-,27-25+. The average molecular weight is 740 g/mol. The Balaban J connectivity index is 4.70. The molecule has 10 heteroatoms. The monoisotopic (exact) mass is 740 g/mol. The summed E-state index contributed by atoms with van der Waals surface area (Å²) in [6.07, 6.45) is 37.2. The number of aliphatic hydroxyl groups is 2. The highest BCUT2D eigenvalue weighted by Gasteiger charge is 2.31. The van der Waals surface area contributed by atoms with E-state index in [-0.39, 0.29) is 18.9 Å². The van der Waals surface area contributed by atoms with Gasteiger partial charge in [0.05, 0.1) is 39.9 Å². The SMILES string of the molecule is C/C=C/CC/C=C/CC/C=C/CCCC(O)C(O)C(COP(=O)(O)OCC[N+](C)(C)C)NC(=O)CCCCCCC/C=C\C/C=C\CCCCC. The zero-order valence-electron chi connectivity index (χ0n) is 32.9. The summed E-state index contributed by atoms with van der Waals surface area (Å²) in [6, 6.07) is -1.07. The van der Waals surface area contributed by atoms with Crippen LogP contribution in [0.2, 0.25) is 0 Å². The third-order valence-electron chi connectivity index (χ3n) is 8.38. The number of hydrogen-bond donors (Lipinski definition) is 4. The van der Waals surface area contributed by atoms with Gasteiger partial charge in [-0.25, -0.2) is 4.57 Å². The van der Waals surface area contributed by atoms with Gasteiger partial charge in [0.25, 0.3) is 0 Å². The van der Waals surface area contributed by atoms with Crippen LogP contribution in [-0.4, -0.2) is 84.6 Å². The van der Waals surface area contributed by atoms with Gasteiger partial charge in [-0.15, -0.1) is 0 Å². The van der Waals surface area contributed by atoms with Crippen LogP contribution in [-0.2, 0) is 18.4 Å². The number of rotatable bonds is 34. The van der Waals surface area contributed by atoms with Crippen molar-refractivity contribution in [1.82, 2.24) is 5.32 Å². The second-order valence-corrected chi connectivity index (χ2v) is 15.9. The summed E-state index contributed by atoms with van der Waals surface area (Å²) in [4.78, 5) is 23.1. The molecule has 0 aliphatic rings. The van der Waals surface area contributed by atoms with Crippen LogP contribution in [0.1, 0.15) is 136 Å². The second kappa shape index (κ2) is 32.8. The van der Waals surface area contributed by atoms with Crippen molar-refractivity contribution in [3.05, 3.63) is 60.8 Å². The Kier molecular flexibility index (Phi) is 31.6. The molecule has 0 heterocycles. The number of nitrogens with one attached hydrogen (secondary N) is 1. The molecular formula is C41H76N2O7P+. The molecule has 51 heavy (non-hydrogen) atoms. The Morgan fingerprint density at radius 1 is 0.725 bits per heavy atom. The molecule has 0 aromatic heterocycles. The van der Waals surface area contributed by atoms with Crippen LogP contribution in [0.4, 0.5) is 0 Å². The molecule has 0 aliphatic carbocycles. The molecule has 0 saturated heterocycles. The minimum atomic E-state index is -4.43.